The fraction of sp³-hybridized carbons (Fsp3) is 0.579. The maximum atomic E-state index is 12.8. The molecule has 3 nitrogen and oxygen atoms in total. The van der Waals surface area contributed by atoms with Gasteiger partial charge in [-0.25, -0.2) is 0 Å². The molecule has 1 saturated carbocycles. The second-order valence-corrected chi connectivity index (χ2v) is 6.32. The molecule has 3 heteroatoms. The number of rotatable bonds is 6. The third kappa shape index (κ3) is 4.10. The minimum absolute atomic E-state index is 0.0759. The quantitative estimate of drug-likeness (QED) is 0.422. The molecule has 0 radical (unpaired) electrons. The van der Waals surface area contributed by atoms with Crippen molar-refractivity contribution in [2.75, 3.05) is 0 Å². The fourth-order valence-corrected chi connectivity index (χ4v) is 3.31. The summed E-state index contributed by atoms with van der Waals surface area (Å²) in [5.41, 5.74) is 0.288. The Balaban J connectivity index is 2.05. The molecular formula is C19H25NO2. The molecule has 0 saturated heterocycles. The van der Waals surface area contributed by atoms with Gasteiger partial charge in [-0.05, 0) is 43.5 Å². The smallest absolute Gasteiger partial charge is 0.317 e. The van der Waals surface area contributed by atoms with E-state index in [1.165, 1.54) is 19.3 Å². The molecule has 1 aromatic rings. The Morgan fingerprint density at radius 1 is 1.18 bits per heavy atom. The van der Waals surface area contributed by atoms with Gasteiger partial charge in [-0.1, -0.05) is 45.4 Å². The summed E-state index contributed by atoms with van der Waals surface area (Å²) in [7, 11) is 0. The van der Waals surface area contributed by atoms with Crippen molar-refractivity contribution in [1.29, 1.82) is 5.26 Å². The van der Waals surface area contributed by atoms with Crippen LogP contribution in [0.2, 0.25) is 0 Å². The highest BCUT2D eigenvalue weighted by molar-refractivity contribution is 5.79. The van der Waals surface area contributed by atoms with Crippen LogP contribution in [0.15, 0.2) is 24.3 Å². The first kappa shape index (κ1) is 16.5. The van der Waals surface area contributed by atoms with Gasteiger partial charge in [0.2, 0.25) is 0 Å². The van der Waals surface area contributed by atoms with E-state index in [0.29, 0.717) is 11.3 Å². The van der Waals surface area contributed by atoms with Crippen molar-refractivity contribution < 1.29 is 9.53 Å². The Hall–Kier alpha value is -1.82. The first-order chi connectivity index (χ1) is 10.7. The van der Waals surface area contributed by atoms with Gasteiger partial charge in [-0.3, -0.25) is 4.79 Å². The fourth-order valence-electron chi connectivity index (χ4n) is 3.31. The van der Waals surface area contributed by atoms with Crippen LogP contribution in [0, 0.1) is 16.7 Å². The van der Waals surface area contributed by atoms with Gasteiger partial charge < -0.3 is 4.74 Å². The highest BCUT2D eigenvalue weighted by atomic mass is 16.5. The molecule has 0 bridgehead atoms. The normalized spacial score (nSPS) is 16.7. The van der Waals surface area contributed by atoms with Crippen molar-refractivity contribution in [1.82, 2.24) is 0 Å². The maximum absolute atomic E-state index is 12.8. The molecule has 1 aliphatic carbocycles. The Bertz CT molecular complexity index is 521. The lowest BCUT2D eigenvalue weighted by atomic mass is 9.71. The molecule has 0 unspecified atom stereocenters. The summed E-state index contributed by atoms with van der Waals surface area (Å²) in [6.07, 6.45) is 9.74. The second-order valence-electron chi connectivity index (χ2n) is 6.32. The molecule has 0 aromatic heterocycles. The van der Waals surface area contributed by atoms with E-state index in [4.69, 9.17) is 10.00 Å². The Kier molecular flexibility index (Phi) is 6.00. The molecule has 0 atom stereocenters. The molecule has 0 spiro atoms. The van der Waals surface area contributed by atoms with E-state index < -0.39 is 0 Å². The molecule has 0 heterocycles. The zero-order chi connectivity index (χ0) is 15.8. The summed E-state index contributed by atoms with van der Waals surface area (Å²) in [4.78, 5) is 12.8. The predicted molar refractivity (Wildman–Crippen MR) is 86.5 cm³/mol. The zero-order valence-electron chi connectivity index (χ0n) is 13.4. The van der Waals surface area contributed by atoms with Crippen LogP contribution < -0.4 is 4.74 Å². The van der Waals surface area contributed by atoms with Gasteiger partial charge in [0.05, 0.1) is 17.0 Å². The van der Waals surface area contributed by atoms with Gasteiger partial charge in [0.15, 0.2) is 0 Å². The highest BCUT2D eigenvalue weighted by Gasteiger charge is 2.40. The first-order valence-corrected chi connectivity index (χ1v) is 8.43. The Morgan fingerprint density at radius 2 is 1.86 bits per heavy atom. The van der Waals surface area contributed by atoms with Crippen molar-refractivity contribution in [2.24, 2.45) is 5.41 Å². The van der Waals surface area contributed by atoms with Crippen molar-refractivity contribution in [2.45, 2.75) is 64.7 Å². The van der Waals surface area contributed by atoms with Crippen LogP contribution >= 0.6 is 0 Å². The number of benzene rings is 1. The van der Waals surface area contributed by atoms with Gasteiger partial charge in [0.1, 0.15) is 5.75 Å². The molecule has 1 aliphatic rings. The van der Waals surface area contributed by atoms with Crippen LogP contribution in [-0.4, -0.2) is 5.97 Å². The number of carbonyl (C=O) groups is 1. The lowest BCUT2D eigenvalue weighted by Crippen LogP contribution is -2.37. The average molecular weight is 299 g/mol. The van der Waals surface area contributed by atoms with Crippen LogP contribution in [-0.2, 0) is 4.79 Å². The highest BCUT2D eigenvalue weighted by Crippen LogP contribution is 2.42. The molecule has 118 valence electrons. The molecule has 0 N–H and O–H groups in total. The minimum atomic E-state index is -0.290. The van der Waals surface area contributed by atoms with Gasteiger partial charge >= 0.3 is 5.97 Å². The summed E-state index contributed by atoms with van der Waals surface area (Å²) in [6.45, 7) is 2.18. The van der Waals surface area contributed by atoms with E-state index in [1.54, 1.807) is 24.3 Å². The largest absolute Gasteiger partial charge is 0.426 e. The van der Waals surface area contributed by atoms with Crippen LogP contribution in [0.25, 0.3) is 0 Å². The van der Waals surface area contributed by atoms with E-state index in [2.05, 4.69) is 13.0 Å². The second kappa shape index (κ2) is 7.98. The van der Waals surface area contributed by atoms with E-state index in [9.17, 15) is 4.79 Å². The molecule has 2 rings (SSSR count). The third-order valence-electron chi connectivity index (χ3n) is 4.70. The average Bonchev–Trinajstić information content (AvgIpc) is 2.56. The van der Waals surface area contributed by atoms with Crippen molar-refractivity contribution >= 4 is 5.97 Å². The summed E-state index contributed by atoms with van der Waals surface area (Å²) in [5.74, 6) is 0.470. The molecule has 0 amide bonds. The SMILES string of the molecule is CCCCCC1(C(=O)Oc2ccc(C#N)cc2)CCCCC1. The van der Waals surface area contributed by atoms with Gasteiger partial charge in [-0.2, -0.15) is 5.26 Å². The summed E-state index contributed by atoms with van der Waals surface area (Å²) in [6, 6.07) is 8.86. The summed E-state index contributed by atoms with van der Waals surface area (Å²) >= 11 is 0. The lowest BCUT2D eigenvalue weighted by Gasteiger charge is -2.35. The van der Waals surface area contributed by atoms with E-state index in [0.717, 1.165) is 38.5 Å². The van der Waals surface area contributed by atoms with Gasteiger partial charge in [0, 0.05) is 0 Å². The Labute approximate surface area is 133 Å². The van der Waals surface area contributed by atoms with E-state index in [1.807, 2.05) is 0 Å². The van der Waals surface area contributed by atoms with Crippen LogP contribution in [0.1, 0.15) is 70.3 Å². The summed E-state index contributed by atoms with van der Waals surface area (Å²) in [5, 5.41) is 8.82. The van der Waals surface area contributed by atoms with E-state index >= 15 is 0 Å². The predicted octanol–water partition coefficient (Wildman–Crippen LogP) is 4.99. The number of esters is 1. The van der Waals surface area contributed by atoms with Crippen molar-refractivity contribution in [3.8, 4) is 11.8 Å². The molecule has 22 heavy (non-hydrogen) atoms. The Morgan fingerprint density at radius 3 is 2.45 bits per heavy atom. The molecule has 0 aliphatic heterocycles. The molecule has 1 fully saturated rings. The number of ether oxygens (including phenoxy) is 1. The maximum Gasteiger partial charge on any atom is 0.317 e. The zero-order valence-corrected chi connectivity index (χ0v) is 13.4. The number of carbonyl (C=O) groups excluding carboxylic acids is 1. The minimum Gasteiger partial charge on any atom is -0.426 e. The monoisotopic (exact) mass is 299 g/mol. The molecule has 1 aromatic carbocycles. The lowest BCUT2D eigenvalue weighted by molar-refractivity contribution is -0.148. The topological polar surface area (TPSA) is 50.1 Å². The number of hydrogen-bond donors (Lipinski definition) is 0. The van der Waals surface area contributed by atoms with Crippen molar-refractivity contribution in [3.63, 3.8) is 0 Å². The number of nitriles is 1. The number of nitrogens with zero attached hydrogens (tertiary/aromatic N) is 1. The standard InChI is InChI=1S/C19H25NO2/c1-2-3-5-12-19(13-6-4-7-14-19)18(21)22-17-10-8-16(15-20)9-11-17/h8-11H,2-7,12-14H2,1H3. The van der Waals surface area contributed by atoms with Gasteiger partial charge in [0.25, 0.3) is 0 Å². The number of unbranched alkanes of at least 4 members (excludes halogenated alkanes) is 2. The van der Waals surface area contributed by atoms with Crippen LogP contribution in [0.4, 0.5) is 0 Å². The third-order valence-corrected chi connectivity index (χ3v) is 4.70. The van der Waals surface area contributed by atoms with Gasteiger partial charge in [-0.15, -0.1) is 0 Å². The summed E-state index contributed by atoms with van der Waals surface area (Å²) < 4.78 is 5.64. The molecular weight excluding hydrogens is 274 g/mol. The van der Waals surface area contributed by atoms with Crippen molar-refractivity contribution in [3.05, 3.63) is 29.8 Å². The first-order valence-electron chi connectivity index (χ1n) is 8.43. The van der Waals surface area contributed by atoms with E-state index in [-0.39, 0.29) is 11.4 Å². The van der Waals surface area contributed by atoms with Crippen LogP contribution in [0.3, 0.4) is 0 Å². The number of hydrogen-bond acceptors (Lipinski definition) is 3. The van der Waals surface area contributed by atoms with Crippen LogP contribution in [0.5, 0.6) is 5.75 Å².